The first kappa shape index (κ1) is 16.8. The summed E-state index contributed by atoms with van der Waals surface area (Å²) in [5.74, 6) is 3.06. The minimum Gasteiger partial charge on any atom is -0.369 e. The Balaban J connectivity index is 1.65. The quantitative estimate of drug-likeness (QED) is 0.709. The Hall–Kier alpha value is -3.03. The lowest BCUT2D eigenvalue weighted by Gasteiger charge is -2.15. The van der Waals surface area contributed by atoms with Gasteiger partial charge in [-0.1, -0.05) is 0 Å². The molecule has 0 radical (unpaired) electrons. The van der Waals surface area contributed by atoms with Crippen molar-refractivity contribution in [3.05, 3.63) is 41.6 Å². The third-order valence-corrected chi connectivity index (χ3v) is 3.90. The first-order chi connectivity index (χ1) is 12.0. The molecule has 0 atom stereocenters. The van der Waals surface area contributed by atoms with Crippen LogP contribution in [0.5, 0.6) is 0 Å². The van der Waals surface area contributed by atoms with Crippen LogP contribution in [0.1, 0.15) is 17.1 Å². The first-order valence-electron chi connectivity index (χ1n) is 8.12. The molecule has 0 aliphatic carbocycles. The fourth-order valence-corrected chi connectivity index (χ4v) is 2.32. The lowest BCUT2D eigenvalue weighted by molar-refractivity contribution is 0.888. The van der Waals surface area contributed by atoms with Crippen molar-refractivity contribution in [1.82, 2.24) is 30.1 Å². The summed E-state index contributed by atoms with van der Waals surface area (Å²) in [6, 6.07) is 3.78. The lowest BCUT2D eigenvalue weighted by Crippen LogP contribution is -2.16. The van der Waals surface area contributed by atoms with Crippen molar-refractivity contribution in [3.63, 3.8) is 0 Å². The van der Waals surface area contributed by atoms with Crippen LogP contribution in [0.4, 0.5) is 11.8 Å². The van der Waals surface area contributed by atoms with Crippen LogP contribution in [-0.4, -0.2) is 50.8 Å². The van der Waals surface area contributed by atoms with Gasteiger partial charge in [-0.25, -0.2) is 9.97 Å². The van der Waals surface area contributed by atoms with E-state index in [1.165, 1.54) is 0 Å². The van der Waals surface area contributed by atoms with Crippen LogP contribution >= 0.6 is 0 Å². The van der Waals surface area contributed by atoms with Crippen molar-refractivity contribution in [3.8, 4) is 11.4 Å². The van der Waals surface area contributed by atoms with E-state index in [1.54, 1.807) is 12.4 Å². The summed E-state index contributed by atoms with van der Waals surface area (Å²) in [6.07, 6.45) is 4.18. The van der Waals surface area contributed by atoms with E-state index in [9.17, 15) is 0 Å². The van der Waals surface area contributed by atoms with Gasteiger partial charge in [0, 0.05) is 56.3 Å². The zero-order valence-electron chi connectivity index (χ0n) is 14.9. The average molecular weight is 338 g/mol. The molecule has 0 amide bonds. The van der Waals surface area contributed by atoms with Crippen molar-refractivity contribution < 1.29 is 0 Å². The van der Waals surface area contributed by atoms with Crippen LogP contribution in [0, 0.1) is 13.8 Å². The van der Waals surface area contributed by atoms with Gasteiger partial charge in [0.05, 0.1) is 0 Å². The zero-order chi connectivity index (χ0) is 17.8. The predicted molar refractivity (Wildman–Crippen MR) is 97.6 cm³/mol. The molecule has 2 N–H and O–H groups in total. The monoisotopic (exact) mass is 338 g/mol. The Kier molecular flexibility index (Phi) is 4.87. The predicted octanol–water partition coefficient (Wildman–Crippen LogP) is 1.99. The summed E-state index contributed by atoms with van der Waals surface area (Å²) in [7, 11) is 3.87. The molecule has 8 heteroatoms. The molecule has 0 aromatic carbocycles. The molecule has 8 nitrogen and oxygen atoms in total. The minimum absolute atomic E-state index is 0.682. The average Bonchev–Trinajstić information content (AvgIpc) is 3.08. The van der Waals surface area contributed by atoms with Gasteiger partial charge >= 0.3 is 0 Å². The number of pyridine rings is 1. The zero-order valence-corrected chi connectivity index (χ0v) is 14.9. The molecular formula is C17H22N8. The van der Waals surface area contributed by atoms with Crippen LogP contribution in [0.2, 0.25) is 0 Å². The highest BCUT2D eigenvalue weighted by Crippen LogP contribution is 2.18. The van der Waals surface area contributed by atoms with E-state index < -0.39 is 0 Å². The van der Waals surface area contributed by atoms with E-state index in [1.807, 2.05) is 45.0 Å². The fourth-order valence-electron chi connectivity index (χ4n) is 2.32. The molecule has 3 aromatic heterocycles. The van der Waals surface area contributed by atoms with Crippen molar-refractivity contribution in [2.24, 2.45) is 0 Å². The third-order valence-electron chi connectivity index (χ3n) is 3.90. The molecule has 3 aromatic rings. The van der Waals surface area contributed by atoms with Gasteiger partial charge in [0.1, 0.15) is 11.6 Å². The summed E-state index contributed by atoms with van der Waals surface area (Å²) in [5.41, 5.74) is 2.98. The maximum Gasteiger partial charge on any atom is 0.227 e. The van der Waals surface area contributed by atoms with Crippen molar-refractivity contribution >= 4 is 11.8 Å². The van der Waals surface area contributed by atoms with Crippen LogP contribution in [0.25, 0.3) is 11.4 Å². The molecule has 0 aliphatic heterocycles. The van der Waals surface area contributed by atoms with E-state index in [2.05, 4.69) is 35.5 Å². The highest BCUT2D eigenvalue weighted by molar-refractivity contribution is 5.53. The number of hydrogen-bond donors (Lipinski definition) is 2. The molecule has 0 saturated carbocycles. The maximum atomic E-state index is 4.57. The third kappa shape index (κ3) is 3.90. The molecule has 3 heterocycles. The number of nitrogens with one attached hydrogen (secondary N) is 2. The second kappa shape index (κ2) is 7.25. The normalized spacial score (nSPS) is 10.7. The number of aryl methyl sites for hydroxylation is 1. The number of rotatable bonds is 6. The summed E-state index contributed by atoms with van der Waals surface area (Å²) in [4.78, 5) is 19.5. The van der Waals surface area contributed by atoms with Gasteiger partial charge in [0.15, 0.2) is 5.82 Å². The minimum atomic E-state index is 0.682. The number of anilines is 2. The summed E-state index contributed by atoms with van der Waals surface area (Å²) in [5, 5.41) is 10.6. The van der Waals surface area contributed by atoms with E-state index >= 15 is 0 Å². The van der Waals surface area contributed by atoms with E-state index in [0.717, 1.165) is 34.9 Å². The molecule has 25 heavy (non-hydrogen) atoms. The van der Waals surface area contributed by atoms with E-state index in [0.29, 0.717) is 18.3 Å². The van der Waals surface area contributed by atoms with Gasteiger partial charge in [-0.15, -0.1) is 0 Å². The summed E-state index contributed by atoms with van der Waals surface area (Å²) in [6.45, 7) is 4.72. The molecule has 0 unspecified atom stereocenters. The van der Waals surface area contributed by atoms with Crippen molar-refractivity contribution in [1.29, 1.82) is 0 Å². The lowest BCUT2D eigenvalue weighted by atomic mass is 10.2. The molecule has 130 valence electrons. The van der Waals surface area contributed by atoms with Gasteiger partial charge in [-0.2, -0.15) is 10.1 Å². The van der Waals surface area contributed by atoms with Crippen molar-refractivity contribution in [2.45, 2.75) is 20.3 Å². The first-order valence-corrected chi connectivity index (χ1v) is 8.12. The van der Waals surface area contributed by atoms with Crippen molar-refractivity contribution in [2.75, 3.05) is 30.9 Å². The number of aromatic amines is 1. The second-order valence-electron chi connectivity index (χ2n) is 6.00. The summed E-state index contributed by atoms with van der Waals surface area (Å²) >= 11 is 0. The van der Waals surface area contributed by atoms with E-state index in [-0.39, 0.29) is 0 Å². The molecule has 0 saturated heterocycles. The van der Waals surface area contributed by atoms with Gasteiger partial charge in [-0.3, -0.25) is 10.1 Å². The number of H-pyrrole nitrogens is 1. The maximum absolute atomic E-state index is 4.57. The van der Waals surface area contributed by atoms with Crippen LogP contribution in [-0.2, 0) is 6.42 Å². The Morgan fingerprint density at radius 1 is 1.08 bits per heavy atom. The Bertz CT molecular complexity index is 841. The SMILES string of the molecule is Cc1nc(N(C)C)nc(NCCc2nc(-c3ccncc3)n[nH]2)c1C. The van der Waals surface area contributed by atoms with Crippen LogP contribution < -0.4 is 10.2 Å². The van der Waals surface area contributed by atoms with Crippen LogP contribution in [0.3, 0.4) is 0 Å². The molecule has 3 rings (SSSR count). The smallest absolute Gasteiger partial charge is 0.227 e. The molecule has 0 bridgehead atoms. The van der Waals surface area contributed by atoms with E-state index in [4.69, 9.17) is 0 Å². The molecule has 0 fully saturated rings. The van der Waals surface area contributed by atoms with Crippen LogP contribution in [0.15, 0.2) is 24.5 Å². The van der Waals surface area contributed by atoms with Gasteiger partial charge < -0.3 is 10.2 Å². The topological polar surface area (TPSA) is 95.5 Å². The largest absolute Gasteiger partial charge is 0.369 e. The Labute approximate surface area is 146 Å². The number of aromatic nitrogens is 6. The highest BCUT2D eigenvalue weighted by atomic mass is 15.2. The Morgan fingerprint density at radius 3 is 2.56 bits per heavy atom. The molecular weight excluding hydrogens is 316 g/mol. The second-order valence-corrected chi connectivity index (χ2v) is 6.00. The number of hydrogen-bond acceptors (Lipinski definition) is 7. The number of nitrogens with zero attached hydrogens (tertiary/aromatic N) is 6. The molecule has 0 aliphatic rings. The molecule has 0 spiro atoms. The van der Waals surface area contributed by atoms with Gasteiger partial charge in [-0.05, 0) is 26.0 Å². The van der Waals surface area contributed by atoms with Gasteiger partial charge in [0.2, 0.25) is 5.95 Å². The Morgan fingerprint density at radius 2 is 1.84 bits per heavy atom. The summed E-state index contributed by atoms with van der Waals surface area (Å²) < 4.78 is 0. The highest BCUT2D eigenvalue weighted by Gasteiger charge is 2.10. The van der Waals surface area contributed by atoms with Gasteiger partial charge in [0.25, 0.3) is 0 Å². The standard InChI is InChI=1S/C17H22N8/c1-11-12(2)20-17(25(3)4)22-15(11)19-10-7-14-21-16(24-23-14)13-5-8-18-9-6-13/h5-6,8-9H,7,10H2,1-4H3,(H,19,20,22)(H,21,23,24). The fraction of sp³-hybridized carbons (Fsp3) is 0.353.